The minimum atomic E-state index is -0.233. The van der Waals surface area contributed by atoms with E-state index in [0.717, 1.165) is 12.0 Å². The Labute approximate surface area is 102 Å². The van der Waals surface area contributed by atoms with Gasteiger partial charge in [-0.15, -0.1) is 0 Å². The van der Waals surface area contributed by atoms with Gasteiger partial charge in [-0.05, 0) is 45.0 Å². The Kier molecular flexibility index (Phi) is 2.61. The summed E-state index contributed by atoms with van der Waals surface area (Å²) in [5, 5.41) is 0.546. The minimum absolute atomic E-state index is 0.172. The molecular weight excluding hydrogens is 280 g/mol. The lowest BCUT2D eigenvalue weighted by Crippen LogP contribution is -2.15. The van der Waals surface area contributed by atoms with Crippen LogP contribution in [0.1, 0.15) is 37.4 Å². The van der Waals surface area contributed by atoms with Gasteiger partial charge in [0, 0.05) is 10.5 Å². The number of hydrogen-bond donors (Lipinski definition) is 1. The first-order valence-electron chi connectivity index (χ1n) is 4.78. The van der Waals surface area contributed by atoms with Crippen molar-refractivity contribution in [2.75, 3.05) is 0 Å². The van der Waals surface area contributed by atoms with E-state index in [1.54, 1.807) is 0 Å². The minimum Gasteiger partial charge on any atom is -0.324 e. The quantitative estimate of drug-likeness (QED) is 0.721. The molecule has 2 N–H and O–H groups in total. The Hall–Kier alpha value is -0.120. The second kappa shape index (κ2) is 3.44. The van der Waals surface area contributed by atoms with Crippen molar-refractivity contribution in [2.45, 2.75) is 31.7 Å². The van der Waals surface area contributed by atoms with Gasteiger partial charge in [0.1, 0.15) is 5.82 Å². The van der Waals surface area contributed by atoms with Crippen LogP contribution in [0.3, 0.4) is 0 Å². The van der Waals surface area contributed by atoms with Crippen LogP contribution in [-0.4, -0.2) is 0 Å². The van der Waals surface area contributed by atoms with Gasteiger partial charge in [-0.1, -0.05) is 25.4 Å². The molecule has 0 aromatic heterocycles. The van der Waals surface area contributed by atoms with Crippen molar-refractivity contribution >= 4 is 27.5 Å². The third-order valence-corrected chi connectivity index (χ3v) is 4.25. The van der Waals surface area contributed by atoms with Crippen LogP contribution in [-0.2, 0) is 5.41 Å². The summed E-state index contributed by atoms with van der Waals surface area (Å²) < 4.78 is 14.4. The highest BCUT2D eigenvalue weighted by atomic mass is 79.9. The number of halogens is 3. The second-order valence-electron chi connectivity index (χ2n) is 4.64. The highest BCUT2D eigenvalue weighted by Crippen LogP contribution is 2.49. The Morgan fingerprint density at radius 1 is 1.60 bits per heavy atom. The summed E-state index contributed by atoms with van der Waals surface area (Å²) in [6.07, 6.45) is 0.732. The molecule has 1 aromatic rings. The Morgan fingerprint density at radius 3 is 2.80 bits per heavy atom. The van der Waals surface area contributed by atoms with E-state index >= 15 is 0 Å². The molecule has 1 aromatic carbocycles. The van der Waals surface area contributed by atoms with Gasteiger partial charge in [-0.25, -0.2) is 4.39 Å². The van der Waals surface area contributed by atoms with Crippen LogP contribution in [0.4, 0.5) is 4.39 Å². The molecule has 82 valence electrons. The Bertz CT molecular complexity index is 431. The molecule has 4 heteroatoms. The normalized spacial score (nSPS) is 22.9. The summed E-state index contributed by atoms with van der Waals surface area (Å²) in [5.74, 6) is -0.223. The fraction of sp³-hybridized carbons (Fsp3) is 0.455. The average molecular weight is 293 g/mol. The van der Waals surface area contributed by atoms with Crippen LogP contribution in [0.2, 0.25) is 5.02 Å². The van der Waals surface area contributed by atoms with Crippen LogP contribution < -0.4 is 5.73 Å². The van der Waals surface area contributed by atoms with Gasteiger partial charge in [0.15, 0.2) is 0 Å². The lowest BCUT2D eigenvalue weighted by atomic mass is 9.86. The largest absolute Gasteiger partial charge is 0.324 e. The Balaban J connectivity index is 2.78. The van der Waals surface area contributed by atoms with Crippen LogP contribution in [0.5, 0.6) is 0 Å². The van der Waals surface area contributed by atoms with Crippen molar-refractivity contribution in [3.8, 4) is 0 Å². The van der Waals surface area contributed by atoms with Gasteiger partial charge in [-0.3, -0.25) is 0 Å². The molecular formula is C11H12BrClFN. The van der Waals surface area contributed by atoms with Crippen molar-refractivity contribution in [3.63, 3.8) is 0 Å². The van der Waals surface area contributed by atoms with Gasteiger partial charge in [0.2, 0.25) is 0 Å². The average Bonchev–Trinajstić information content (AvgIpc) is 2.32. The molecule has 1 unspecified atom stereocenters. The van der Waals surface area contributed by atoms with Gasteiger partial charge in [0.05, 0.1) is 5.02 Å². The third-order valence-electron chi connectivity index (χ3n) is 2.99. The SMILES string of the molecule is CC1(C)CC(N)c2c(Cl)c(Br)cc(F)c21. The highest BCUT2D eigenvalue weighted by molar-refractivity contribution is 9.10. The number of fused-ring (bicyclic) bond motifs is 1. The van der Waals surface area contributed by atoms with Crippen molar-refractivity contribution in [1.82, 2.24) is 0 Å². The third kappa shape index (κ3) is 1.61. The molecule has 0 bridgehead atoms. The van der Waals surface area contributed by atoms with Crippen LogP contribution in [0.25, 0.3) is 0 Å². The standard InChI is InChI=1S/C11H12BrClFN/c1-11(2)4-7(15)8-9(11)6(14)3-5(12)10(8)13/h3,7H,4,15H2,1-2H3. The lowest BCUT2D eigenvalue weighted by molar-refractivity contribution is 0.461. The van der Waals surface area contributed by atoms with Crippen LogP contribution in [0, 0.1) is 5.82 Å². The van der Waals surface area contributed by atoms with E-state index in [4.69, 9.17) is 17.3 Å². The van der Waals surface area contributed by atoms with Crippen molar-refractivity contribution in [3.05, 3.63) is 32.5 Å². The molecule has 0 amide bonds. The second-order valence-corrected chi connectivity index (χ2v) is 5.87. The summed E-state index contributed by atoms with van der Waals surface area (Å²) in [6, 6.07) is 1.25. The molecule has 1 aliphatic rings. The molecule has 15 heavy (non-hydrogen) atoms. The summed E-state index contributed by atoms with van der Waals surface area (Å²) in [6.45, 7) is 3.98. The first kappa shape index (κ1) is 11.4. The number of nitrogens with two attached hydrogens (primary N) is 1. The summed E-state index contributed by atoms with van der Waals surface area (Å²) in [4.78, 5) is 0. The van der Waals surface area contributed by atoms with Gasteiger partial charge < -0.3 is 5.73 Å². The molecule has 1 nitrogen and oxygen atoms in total. The zero-order valence-electron chi connectivity index (χ0n) is 8.57. The summed E-state index contributed by atoms with van der Waals surface area (Å²) in [5.41, 5.74) is 7.18. The molecule has 1 atom stereocenters. The van der Waals surface area contributed by atoms with Crippen molar-refractivity contribution in [1.29, 1.82) is 0 Å². The maximum atomic E-state index is 13.9. The molecule has 1 aliphatic carbocycles. The van der Waals surface area contributed by atoms with E-state index in [-0.39, 0.29) is 17.3 Å². The fourth-order valence-corrected chi connectivity index (χ4v) is 3.11. The number of rotatable bonds is 0. The van der Waals surface area contributed by atoms with E-state index in [2.05, 4.69) is 15.9 Å². The zero-order valence-corrected chi connectivity index (χ0v) is 10.9. The fourth-order valence-electron chi connectivity index (χ4n) is 2.40. The first-order valence-corrected chi connectivity index (χ1v) is 5.95. The first-order chi connectivity index (χ1) is 6.84. The smallest absolute Gasteiger partial charge is 0.128 e. The van der Waals surface area contributed by atoms with Crippen molar-refractivity contribution < 1.29 is 4.39 Å². The predicted octanol–water partition coefficient (Wildman–Crippen LogP) is 3.92. The molecule has 0 fully saturated rings. The van der Waals surface area contributed by atoms with E-state index in [9.17, 15) is 4.39 Å². The lowest BCUT2D eigenvalue weighted by Gasteiger charge is -2.19. The van der Waals surface area contributed by atoms with E-state index in [0.29, 0.717) is 15.1 Å². The predicted molar refractivity (Wildman–Crippen MR) is 63.7 cm³/mol. The van der Waals surface area contributed by atoms with Gasteiger partial charge in [-0.2, -0.15) is 0 Å². The number of benzene rings is 1. The highest BCUT2D eigenvalue weighted by Gasteiger charge is 2.39. The maximum absolute atomic E-state index is 13.9. The summed E-state index contributed by atoms with van der Waals surface area (Å²) in [7, 11) is 0. The summed E-state index contributed by atoms with van der Waals surface area (Å²) >= 11 is 9.38. The molecule has 2 rings (SSSR count). The van der Waals surface area contributed by atoms with Gasteiger partial charge in [0.25, 0.3) is 0 Å². The topological polar surface area (TPSA) is 26.0 Å². The zero-order chi connectivity index (χ0) is 11.4. The van der Waals surface area contributed by atoms with Crippen molar-refractivity contribution in [2.24, 2.45) is 5.73 Å². The number of hydrogen-bond acceptors (Lipinski definition) is 1. The Morgan fingerprint density at radius 2 is 2.20 bits per heavy atom. The maximum Gasteiger partial charge on any atom is 0.128 e. The molecule has 0 saturated heterocycles. The van der Waals surface area contributed by atoms with Crippen LogP contribution in [0.15, 0.2) is 10.5 Å². The molecule has 0 heterocycles. The molecule has 0 spiro atoms. The monoisotopic (exact) mass is 291 g/mol. The molecule has 0 aliphatic heterocycles. The molecule has 0 saturated carbocycles. The van der Waals surface area contributed by atoms with E-state index in [1.165, 1.54) is 6.07 Å². The van der Waals surface area contributed by atoms with Gasteiger partial charge >= 0.3 is 0 Å². The van der Waals surface area contributed by atoms with Crippen LogP contribution >= 0.6 is 27.5 Å². The van der Waals surface area contributed by atoms with E-state index < -0.39 is 0 Å². The molecule has 0 radical (unpaired) electrons. The van der Waals surface area contributed by atoms with E-state index in [1.807, 2.05) is 13.8 Å².